The van der Waals surface area contributed by atoms with Crippen LogP contribution in [-0.4, -0.2) is 13.1 Å². The van der Waals surface area contributed by atoms with E-state index in [0.29, 0.717) is 13.1 Å². The van der Waals surface area contributed by atoms with E-state index in [2.05, 4.69) is 69.4 Å². The zero-order chi connectivity index (χ0) is 19.7. The van der Waals surface area contributed by atoms with Crippen molar-refractivity contribution in [1.29, 1.82) is 0 Å². The van der Waals surface area contributed by atoms with Gasteiger partial charge in [0.15, 0.2) is 0 Å². The maximum absolute atomic E-state index is 6.35. The van der Waals surface area contributed by atoms with E-state index < -0.39 is 15.7 Å². The van der Waals surface area contributed by atoms with Gasteiger partial charge in [-0.3, -0.25) is 0 Å². The summed E-state index contributed by atoms with van der Waals surface area (Å²) >= 11 is -0.466. The van der Waals surface area contributed by atoms with Gasteiger partial charge < -0.3 is 16.8 Å². The van der Waals surface area contributed by atoms with Crippen LogP contribution in [0.2, 0.25) is 0 Å². The van der Waals surface area contributed by atoms with Crippen LogP contribution >= 0.6 is 19.2 Å². The van der Waals surface area contributed by atoms with E-state index in [4.69, 9.17) is 30.6 Å². The van der Waals surface area contributed by atoms with Crippen molar-refractivity contribution in [3.05, 3.63) is 75.1 Å². The monoisotopic (exact) mass is 477 g/mol. The van der Waals surface area contributed by atoms with Crippen LogP contribution in [-0.2, 0) is 15.7 Å². The summed E-state index contributed by atoms with van der Waals surface area (Å²) in [6.07, 6.45) is 0. The van der Waals surface area contributed by atoms with Gasteiger partial charge in [0, 0.05) is 12.1 Å². The topological polar surface area (TPSA) is 66.1 Å². The molecule has 0 fully saturated rings. The van der Waals surface area contributed by atoms with Gasteiger partial charge in [0.05, 0.1) is 0 Å². The zero-order valence-electron chi connectivity index (χ0n) is 15.8. The summed E-state index contributed by atoms with van der Waals surface area (Å²) < 4.78 is 0. The molecule has 0 aliphatic carbocycles. The van der Waals surface area contributed by atoms with E-state index in [1.54, 1.807) is 0 Å². The van der Waals surface area contributed by atoms with Gasteiger partial charge in [0.25, 0.3) is 0 Å². The Morgan fingerprint density at radius 3 is 1.31 bits per heavy atom. The summed E-state index contributed by atoms with van der Waals surface area (Å²) in [7, 11) is 9.75. The van der Waals surface area contributed by atoms with Crippen LogP contribution in [0.15, 0.2) is 36.4 Å². The minimum atomic E-state index is -0.466. The molecule has 3 nitrogen and oxygen atoms in total. The van der Waals surface area contributed by atoms with E-state index in [0.717, 1.165) is 0 Å². The Hall–Kier alpha value is -0.451. The van der Waals surface area contributed by atoms with Gasteiger partial charge in [-0.05, 0) is 61.1 Å². The molecule has 2 aromatic carbocycles. The number of rotatable bonds is 6. The number of benzene rings is 2. The Kier molecular flexibility index (Phi) is 11.0. The van der Waals surface area contributed by atoms with Crippen molar-refractivity contribution in [2.24, 2.45) is 11.5 Å². The average Bonchev–Trinajstić information content (AvgIpc) is 2.55. The second-order valence-corrected chi connectivity index (χ2v) is 9.29. The molecule has 0 aliphatic rings. The van der Waals surface area contributed by atoms with E-state index in [9.17, 15) is 0 Å². The molecule has 0 aromatic heterocycles. The van der Waals surface area contributed by atoms with Gasteiger partial charge in [-0.1, -0.05) is 36.4 Å². The Morgan fingerprint density at radius 1 is 0.769 bits per heavy atom. The van der Waals surface area contributed by atoms with Crippen LogP contribution in [0.4, 0.5) is 0 Å². The second kappa shape index (κ2) is 12.1. The van der Waals surface area contributed by atoms with E-state index in [-0.39, 0.29) is 12.1 Å². The van der Waals surface area contributed by atoms with Crippen LogP contribution in [0, 0.1) is 27.7 Å². The molecule has 0 heterocycles. The normalized spacial score (nSPS) is 12.9. The van der Waals surface area contributed by atoms with Crippen molar-refractivity contribution in [3.63, 3.8) is 0 Å². The van der Waals surface area contributed by atoms with Crippen LogP contribution in [0.5, 0.6) is 0 Å². The van der Waals surface area contributed by atoms with Crippen LogP contribution in [0.25, 0.3) is 5.32 Å². The molecule has 0 bridgehead atoms. The molecule has 0 saturated carbocycles. The third-order valence-corrected chi connectivity index (χ3v) is 4.48. The minimum absolute atomic E-state index is 0.0682. The number of hydrogen-bond donors (Lipinski definition) is 2. The Labute approximate surface area is 173 Å². The quantitative estimate of drug-likeness (QED) is 0.585. The standard InChI is InChI=1S/C20H28N3.2ClH.Tc/c1-13-7-5-8-14(2)19(13)17(21)11-23-12-18(22)20-15(3)9-6-10-16(20)4;;;/h5-10,17-18H,11-12,21-22H2,1-4H3;2*1H;/q-1;;;+2/p-2. The van der Waals surface area contributed by atoms with Crippen LogP contribution in [0.3, 0.4) is 0 Å². The summed E-state index contributed by atoms with van der Waals surface area (Å²) in [6, 6.07) is 12.4. The summed E-state index contributed by atoms with van der Waals surface area (Å²) in [5.74, 6) is 0. The first-order chi connectivity index (χ1) is 12.3. The van der Waals surface area contributed by atoms with Crippen molar-refractivity contribution in [1.82, 2.24) is 0 Å². The predicted octanol–water partition coefficient (Wildman–Crippen LogP) is 5.37. The van der Waals surface area contributed by atoms with Gasteiger partial charge in [0.2, 0.25) is 0 Å². The summed E-state index contributed by atoms with van der Waals surface area (Å²) in [5.41, 5.74) is 20.0. The summed E-state index contributed by atoms with van der Waals surface area (Å²) in [4.78, 5) is 0. The fourth-order valence-corrected chi connectivity index (χ4v) is 3.36. The molecule has 2 aromatic rings. The molecule has 6 heteroatoms. The van der Waals surface area contributed by atoms with Gasteiger partial charge in [0.1, 0.15) is 0 Å². The van der Waals surface area contributed by atoms with E-state index in [1.807, 2.05) is 0 Å². The molecule has 26 heavy (non-hydrogen) atoms. The average molecular weight is 479 g/mol. The molecule has 0 saturated heterocycles. The van der Waals surface area contributed by atoms with E-state index in [1.165, 1.54) is 33.4 Å². The predicted molar refractivity (Wildman–Crippen MR) is 110 cm³/mol. The third kappa shape index (κ3) is 6.94. The van der Waals surface area contributed by atoms with Crippen molar-refractivity contribution in [3.8, 4) is 0 Å². The van der Waals surface area contributed by atoms with Gasteiger partial charge >= 0.3 is 34.8 Å². The number of nitrogens with zero attached hydrogens (tertiary/aromatic N) is 1. The number of hydrogen-bond acceptors (Lipinski definition) is 2. The molecule has 0 amide bonds. The SMILES string of the molecule is Cc1cccc(C)c1C(N)C[N-]CC(N)c1c(C)cccc1C.[Cl][Tc][Cl]. The fraction of sp³-hybridized carbons (Fsp3) is 0.400. The van der Waals surface area contributed by atoms with Gasteiger partial charge in [-0.25, -0.2) is 0 Å². The second-order valence-electron chi connectivity index (χ2n) is 6.47. The first-order valence-corrected chi connectivity index (χ1v) is 13.3. The first kappa shape index (κ1) is 23.6. The Balaban J connectivity index is 0.00000105. The molecule has 0 spiro atoms. The molecule has 0 radical (unpaired) electrons. The zero-order valence-corrected chi connectivity index (χ0v) is 19.1. The summed E-state index contributed by atoms with van der Waals surface area (Å²) in [5, 5.41) is 4.64. The number of aryl methyl sites for hydroxylation is 4. The van der Waals surface area contributed by atoms with Crippen molar-refractivity contribution >= 4 is 19.2 Å². The molecule has 145 valence electrons. The van der Waals surface area contributed by atoms with Crippen molar-refractivity contribution in [2.75, 3.05) is 13.1 Å². The maximum atomic E-state index is 6.35. The van der Waals surface area contributed by atoms with Gasteiger partial charge in [-0.2, -0.15) is 0 Å². The van der Waals surface area contributed by atoms with E-state index >= 15 is 0 Å². The molecule has 2 atom stereocenters. The van der Waals surface area contributed by atoms with Crippen LogP contribution < -0.4 is 11.5 Å². The third-order valence-electron chi connectivity index (χ3n) is 4.48. The molecule has 2 rings (SSSR count). The molecular weight excluding hydrogens is 451 g/mol. The van der Waals surface area contributed by atoms with Crippen molar-refractivity contribution < 1.29 is 15.7 Å². The van der Waals surface area contributed by atoms with Crippen LogP contribution in [0.1, 0.15) is 45.5 Å². The number of halogens is 2. The van der Waals surface area contributed by atoms with Crippen molar-refractivity contribution in [2.45, 2.75) is 39.8 Å². The number of nitrogens with two attached hydrogens (primary N) is 2. The summed E-state index contributed by atoms with van der Waals surface area (Å²) in [6.45, 7) is 9.61. The molecule has 0 aliphatic heterocycles. The molecular formula is C20H28Cl2N3Tc-. The first-order valence-electron chi connectivity index (χ1n) is 8.47. The Bertz CT molecular complexity index is 597. The van der Waals surface area contributed by atoms with Gasteiger partial charge in [-0.15, -0.1) is 13.1 Å². The Morgan fingerprint density at radius 2 is 1.04 bits per heavy atom. The molecule has 2 unspecified atom stereocenters. The molecule has 4 N–H and O–H groups in total. The fourth-order valence-electron chi connectivity index (χ4n) is 3.36.